The van der Waals surface area contributed by atoms with Crippen LogP contribution in [0.1, 0.15) is 20.8 Å². The fourth-order valence-corrected chi connectivity index (χ4v) is 4.53. The fourth-order valence-electron chi connectivity index (χ4n) is 3.57. The number of thiophene rings is 1. The number of carbonyl (C=O) groups is 1. The number of hydrogen-bond donors (Lipinski definition) is 0. The minimum absolute atomic E-state index is 0.0707. The largest absolute Gasteiger partial charge is 0.455 e. The van der Waals surface area contributed by atoms with E-state index in [2.05, 4.69) is 4.98 Å². The second-order valence-corrected chi connectivity index (χ2v) is 7.75. The SMILES string of the molecule is N#CC(C#N)=C1/C(=C/c2cc3oc(-c4cccnc4)cc3s2)C(=O)c2ccccc21. The molecule has 5 nitrogen and oxygen atoms in total. The third-order valence-electron chi connectivity index (χ3n) is 4.89. The highest BCUT2D eigenvalue weighted by molar-refractivity contribution is 7.19. The predicted octanol–water partition coefficient (Wildman–Crippen LogP) is 5.64. The van der Waals surface area contributed by atoms with Gasteiger partial charge in [0.1, 0.15) is 29.1 Å². The molecule has 30 heavy (non-hydrogen) atoms. The van der Waals surface area contributed by atoms with Crippen LogP contribution in [0.3, 0.4) is 0 Å². The zero-order valence-electron chi connectivity index (χ0n) is 15.4. The summed E-state index contributed by atoms with van der Waals surface area (Å²) in [5, 5.41) is 18.8. The van der Waals surface area contributed by atoms with Gasteiger partial charge >= 0.3 is 0 Å². The molecular formula is C24H11N3O2S. The molecule has 0 saturated carbocycles. The van der Waals surface area contributed by atoms with Gasteiger partial charge < -0.3 is 4.42 Å². The van der Waals surface area contributed by atoms with E-state index in [0.29, 0.717) is 27.9 Å². The van der Waals surface area contributed by atoms with Gasteiger partial charge in [-0.1, -0.05) is 24.3 Å². The highest BCUT2D eigenvalue weighted by atomic mass is 32.1. The Labute approximate surface area is 175 Å². The second kappa shape index (κ2) is 6.97. The van der Waals surface area contributed by atoms with Crippen LogP contribution < -0.4 is 0 Å². The van der Waals surface area contributed by atoms with Crippen molar-refractivity contribution in [3.63, 3.8) is 0 Å². The number of nitriles is 2. The average molecular weight is 405 g/mol. The maximum Gasteiger partial charge on any atom is 0.194 e. The standard InChI is InChI=1S/C24H11N3O2S/c25-11-15(12-26)23-17-5-1-2-6-18(17)24(28)19(23)8-16-9-21-22(30-16)10-20(29-21)14-4-3-7-27-13-14/h1-10,13H/b19-8-. The third-order valence-corrected chi connectivity index (χ3v) is 5.90. The Morgan fingerprint density at radius 3 is 2.57 bits per heavy atom. The fraction of sp³-hybridized carbons (Fsp3) is 0. The minimum Gasteiger partial charge on any atom is -0.455 e. The van der Waals surface area contributed by atoms with Gasteiger partial charge in [-0.25, -0.2) is 0 Å². The third kappa shape index (κ3) is 2.76. The molecule has 0 unspecified atom stereocenters. The van der Waals surface area contributed by atoms with Crippen LogP contribution in [0.4, 0.5) is 0 Å². The molecule has 1 aromatic carbocycles. The number of fused-ring (bicyclic) bond motifs is 2. The number of ketones is 1. The molecule has 140 valence electrons. The smallest absolute Gasteiger partial charge is 0.194 e. The van der Waals surface area contributed by atoms with E-state index in [0.717, 1.165) is 20.9 Å². The van der Waals surface area contributed by atoms with Gasteiger partial charge in [0.05, 0.1) is 4.70 Å². The topological polar surface area (TPSA) is 90.7 Å². The van der Waals surface area contributed by atoms with Crippen molar-refractivity contribution in [3.8, 4) is 23.5 Å². The number of furan rings is 1. The monoisotopic (exact) mass is 405 g/mol. The van der Waals surface area contributed by atoms with E-state index >= 15 is 0 Å². The summed E-state index contributed by atoms with van der Waals surface area (Å²) in [5.74, 6) is 0.536. The summed E-state index contributed by atoms with van der Waals surface area (Å²) in [4.78, 5) is 17.9. The first-order valence-electron chi connectivity index (χ1n) is 9.04. The lowest BCUT2D eigenvalue weighted by atomic mass is 9.99. The molecule has 0 saturated heterocycles. The molecule has 3 heterocycles. The van der Waals surface area contributed by atoms with Crippen molar-refractivity contribution in [1.82, 2.24) is 4.98 Å². The Morgan fingerprint density at radius 1 is 1.07 bits per heavy atom. The molecule has 0 aliphatic heterocycles. The molecule has 4 aromatic rings. The van der Waals surface area contributed by atoms with Gasteiger partial charge in [0.15, 0.2) is 5.78 Å². The maximum absolute atomic E-state index is 13.0. The van der Waals surface area contributed by atoms with E-state index in [1.165, 1.54) is 11.3 Å². The molecular weight excluding hydrogens is 394 g/mol. The van der Waals surface area contributed by atoms with Gasteiger partial charge in [-0.05, 0) is 29.8 Å². The maximum atomic E-state index is 13.0. The molecule has 5 rings (SSSR count). The van der Waals surface area contributed by atoms with E-state index in [4.69, 9.17) is 4.42 Å². The zero-order chi connectivity index (χ0) is 20.7. The van der Waals surface area contributed by atoms with Crippen molar-refractivity contribution in [2.45, 2.75) is 0 Å². The number of carbonyl (C=O) groups excluding carboxylic acids is 1. The average Bonchev–Trinajstić information content (AvgIpc) is 3.42. The van der Waals surface area contributed by atoms with Crippen molar-refractivity contribution in [1.29, 1.82) is 10.5 Å². The summed E-state index contributed by atoms with van der Waals surface area (Å²) >= 11 is 1.48. The first-order chi connectivity index (χ1) is 14.7. The first-order valence-corrected chi connectivity index (χ1v) is 9.85. The lowest BCUT2D eigenvalue weighted by Crippen LogP contribution is -1.95. The number of pyridine rings is 1. The molecule has 0 bridgehead atoms. The molecule has 1 aliphatic rings. The summed E-state index contributed by atoms with van der Waals surface area (Å²) in [6.07, 6.45) is 5.18. The zero-order valence-corrected chi connectivity index (χ0v) is 16.2. The van der Waals surface area contributed by atoms with Crippen molar-refractivity contribution >= 4 is 39.1 Å². The summed E-state index contributed by atoms with van der Waals surface area (Å²) in [6.45, 7) is 0. The van der Waals surface area contributed by atoms with Crippen molar-refractivity contribution in [2.75, 3.05) is 0 Å². The molecule has 0 atom stereocenters. The second-order valence-electron chi connectivity index (χ2n) is 6.64. The lowest BCUT2D eigenvalue weighted by molar-refractivity contribution is 0.104. The molecule has 1 aliphatic carbocycles. The lowest BCUT2D eigenvalue weighted by Gasteiger charge is -2.01. The Kier molecular flexibility index (Phi) is 4.14. The van der Waals surface area contributed by atoms with E-state index in [-0.39, 0.29) is 11.4 Å². The number of nitrogens with zero attached hydrogens (tertiary/aromatic N) is 3. The van der Waals surface area contributed by atoms with Crippen LogP contribution in [0.25, 0.3) is 33.3 Å². The van der Waals surface area contributed by atoms with Crippen molar-refractivity contribution in [3.05, 3.63) is 88.1 Å². The van der Waals surface area contributed by atoms with Crippen LogP contribution >= 0.6 is 11.3 Å². The summed E-state index contributed by atoms with van der Waals surface area (Å²) < 4.78 is 6.88. The molecule has 0 N–H and O–H groups in total. The highest BCUT2D eigenvalue weighted by Crippen LogP contribution is 2.41. The minimum atomic E-state index is -0.190. The van der Waals surface area contributed by atoms with Gasteiger partial charge in [0, 0.05) is 45.6 Å². The molecule has 0 amide bonds. The van der Waals surface area contributed by atoms with Gasteiger partial charge in [-0.15, -0.1) is 11.3 Å². The summed E-state index contributed by atoms with van der Waals surface area (Å²) in [5.41, 5.74) is 3.39. The Hall–Kier alpha value is -4.26. The van der Waals surface area contributed by atoms with E-state index < -0.39 is 0 Å². The quantitative estimate of drug-likeness (QED) is 0.318. The van der Waals surface area contributed by atoms with Crippen LogP contribution in [-0.2, 0) is 0 Å². The van der Waals surface area contributed by atoms with Crippen LogP contribution in [0.15, 0.2) is 76.5 Å². The molecule has 6 heteroatoms. The van der Waals surface area contributed by atoms with Crippen molar-refractivity contribution in [2.24, 2.45) is 0 Å². The van der Waals surface area contributed by atoms with Gasteiger partial charge in [0.2, 0.25) is 0 Å². The molecule has 3 aromatic heterocycles. The van der Waals surface area contributed by atoms with E-state index in [1.807, 2.05) is 36.4 Å². The Bertz CT molecular complexity index is 1430. The van der Waals surface area contributed by atoms with Crippen LogP contribution in [0, 0.1) is 22.7 Å². The number of allylic oxidation sites excluding steroid dienone is 3. The van der Waals surface area contributed by atoms with E-state index in [9.17, 15) is 15.3 Å². The summed E-state index contributed by atoms with van der Waals surface area (Å²) in [7, 11) is 0. The van der Waals surface area contributed by atoms with Crippen molar-refractivity contribution < 1.29 is 9.21 Å². The molecule has 0 fully saturated rings. The Morgan fingerprint density at radius 2 is 1.87 bits per heavy atom. The van der Waals surface area contributed by atoms with Gasteiger partial charge in [-0.2, -0.15) is 10.5 Å². The highest BCUT2D eigenvalue weighted by Gasteiger charge is 2.32. The number of hydrogen-bond acceptors (Lipinski definition) is 6. The predicted molar refractivity (Wildman–Crippen MR) is 114 cm³/mol. The number of rotatable bonds is 2. The number of Topliss-reactive ketones (excluding diaryl/α,β-unsaturated/α-hetero) is 1. The number of aromatic nitrogens is 1. The Balaban J connectivity index is 1.62. The first kappa shape index (κ1) is 17.8. The van der Waals surface area contributed by atoms with Crippen LogP contribution in [-0.4, -0.2) is 10.8 Å². The molecule has 0 spiro atoms. The van der Waals surface area contributed by atoms with Gasteiger partial charge in [-0.3, -0.25) is 9.78 Å². The molecule has 0 radical (unpaired) electrons. The van der Waals surface area contributed by atoms with Crippen LogP contribution in [0.2, 0.25) is 0 Å². The summed E-state index contributed by atoms with van der Waals surface area (Å²) in [6, 6.07) is 18.5. The van der Waals surface area contributed by atoms with E-state index in [1.54, 1.807) is 42.7 Å². The van der Waals surface area contributed by atoms with Gasteiger partial charge in [0.25, 0.3) is 0 Å². The number of benzene rings is 1. The van der Waals surface area contributed by atoms with Crippen LogP contribution in [0.5, 0.6) is 0 Å². The normalized spacial score (nSPS) is 14.0.